The van der Waals surface area contributed by atoms with Crippen molar-refractivity contribution in [3.05, 3.63) is 28.2 Å². The minimum absolute atomic E-state index is 0.488. The van der Waals surface area contributed by atoms with Crippen LogP contribution >= 0.6 is 15.9 Å². The van der Waals surface area contributed by atoms with Gasteiger partial charge in [0.1, 0.15) is 5.75 Å². The van der Waals surface area contributed by atoms with Crippen molar-refractivity contribution in [3.63, 3.8) is 0 Å². The molecule has 76 valence electrons. The van der Waals surface area contributed by atoms with E-state index in [0.29, 0.717) is 5.92 Å². The van der Waals surface area contributed by atoms with Crippen molar-refractivity contribution in [1.82, 2.24) is 0 Å². The molecule has 1 aliphatic rings. The van der Waals surface area contributed by atoms with Crippen LogP contribution < -0.4 is 4.74 Å². The second kappa shape index (κ2) is 4.32. The average molecular weight is 257 g/mol. The lowest BCUT2D eigenvalue weighted by Crippen LogP contribution is -2.24. The molecule has 1 aromatic rings. The zero-order valence-electron chi connectivity index (χ0n) is 8.13. The van der Waals surface area contributed by atoms with Crippen molar-refractivity contribution in [3.8, 4) is 5.75 Å². The Bertz CT molecular complexity index is 325. The van der Waals surface area contributed by atoms with Crippen LogP contribution in [0.15, 0.2) is 22.7 Å². The molecule has 14 heavy (non-hydrogen) atoms. The Morgan fingerprint density at radius 3 is 3.21 bits per heavy atom. The first kappa shape index (κ1) is 9.99. The minimum Gasteiger partial charge on any atom is -0.493 e. The zero-order chi connectivity index (χ0) is 9.97. The molecule has 0 N–H and O–H groups in total. The van der Waals surface area contributed by atoms with E-state index < -0.39 is 0 Å². The molecular weight excluding hydrogens is 244 g/mol. The Kier molecular flexibility index (Phi) is 3.08. The molecule has 3 heteroatoms. The highest BCUT2D eigenvalue weighted by Crippen LogP contribution is 2.29. The Morgan fingerprint density at radius 2 is 2.43 bits per heavy atom. The van der Waals surface area contributed by atoms with E-state index in [2.05, 4.69) is 22.0 Å². The van der Waals surface area contributed by atoms with E-state index >= 15 is 0 Å². The van der Waals surface area contributed by atoms with Crippen molar-refractivity contribution in [2.24, 2.45) is 5.92 Å². The van der Waals surface area contributed by atoms with Gasteiger partial charge >= 0.3 is 0 Å². The molecule has 1 heterocycles. The topological polar surface area (TPSA) is 18.5 Å². The fourth-order valence-corrected chi connectivity index (χ4v) is 2.18. The van der Waals surface area contributed by atoms with Gasteiger partial charge in [-0.3, -0.25) is 0 Å². The van der Waals surface area contributed by atoms with E-state index in [4.69, 9.17) is 9.47 Å². The molecule has 0 bridgehead atoms. The number of halogens is 1. The molecule has 0 aliphatic carbocycles. The summed E-state index contributed by atoms with van der Waals surface area (Å²) in [6.07, 6.45) is 1.04. The van der Waals surface area contributed by atoms with Crippen LogP contribution in [0, 0.1) is 5.92 Å². The van der Waals surface area contributed by atoms with Gasteiger partial charge < -0.3 is 9.47 Å². The number of fused-ring (bicyclic) bond motifs is 1. The van der Waals surface area contributed by atoms with Crippen molar-refractivity contribution in [1.29, 1.82) is 0 Å². The summed E-state index contributed by atoms with van der Waals surface area (Å²) in [7, 11) is 1.73. The van der Waals surface area contributed by atoms with Crippen LogP contribution in [0.3, 0.4) is 0 Å². The predicted molar refractivity (Wildman–Crippen MR) is 58.7 cm³/mol. The maximum atomic E-state index is 5.64. The molecule has 0 aromatic heterocycles. The fraction of sp³-hybridized carbons (Fsp3) is 0.455. The van der Waals surface area contributed by atoms with Crippen LogP contribution in [0.4, 0.5) is 0 Å². The summed E-state index contributed by atoms with van der Waals surface area (Å²) in [6, 6.07) is 6.15. The number of hydrogen-bond donors (Lipinski definition) is 0. The van der Waals surface area contributed by atoms with Crippen LogP contribution in [0.25, 0.3) is 0 Å². The van der Waals surface area contributed by atoms with Gasteiger partial charge in [0.2, 0.25) is 0 Å². The number of methoxy groups -OCH3 is 1. The van der Waals surface area contributed by atoms with Crippen LogP contribution in [0.2, 0.25) is 0 Å². The lowest BCUT2D eigenvalue weighted by atomic mass is 9.98. The van der Waals surface area contributed by atoms with E-state index in [1.54, 1.807) is 7.11 Å². The largest absolute Gasteiger partial charge is 0.493 e. The molecule has 0 saturated heterocycles. The Hall–Kier alpha value is -0.540. The van der Waals surface area contributed by atoms with Gasteiger partial charge in [0, 0.05) is 17.5 Å². The molecule has 2 rings (SSSR count). The van der Waals surface area contributed by atoms with Crippen molar-refractivity contribution >= 4 is 15.9 Å². The van der Waals surface area contributed by atoms with Gasteiger partial charge in [0.25, 0.3) is 0 Å². The third-order valence-electron chi connectivity index (χ3n) is 2.41. The highest BCUT2D eigenvalue weighted by molar-refractivity contribution is 9.10. The van der Waals surface area contributed by atoms with Crippen molar-refractivity contribution in [2.45, 2.75) is 6.42 Å². The standard InChI is InChI=1S/C11H13BrO2/c1-13-6-8-4-9-5-10(12)2-3-11(9)14-7-8/h2-3,5,8H,4,6-7H2,1H3. The van der Waals surface area contributed by atoms with Crippen LogP contribution in [0.1, 0.15) is 5.56 Å². The van der Waals surface area contributed by atoms with Crippen LogP contribution in [-0.4, -0.2) is 20.3 Å². The Labute approximate surface area is 92.3 Å². The Balaban J connectivity index is 2.16. The summed E-state index contributed by atoms with van der Waals surface area (Å²) in [5.74, 6) is 1.50. The smallest absolute Gasteiger partial charge is 0.122 e. The van der Waals surface area contributed by atoms with Gasteiger partial charge in [0.15, 0.2) is 0 Å². The van der Waals surface area contributed by atoms with Gasteiger partial charge in [-0.1, -0.05) is 15.9 Å². The number of hydrogen-bond acceptors (Lipinski definition) is 2. The Morgan fingerprint density at radius 1 is 1.57 bits per heavy atom. The summed E-state index contributed by atoms with van der Waals surface area (Å²) in [6.45, 7) is 1.54. The molecule has 1 aliphatic heterocycles. The van der Waals surface area contributed by atoms with Gasteiger partial charge in [-0.05, 0) is 30.2 Å². The lowest BCUT2D eigenvalue weighted by molar-refractivity contribution is 0.107. The van der Waals surface area contributed by atoms with E-state index in [-0.39, 0.29) is 0 Å². The average Bonchev–Trinajstić information content (AvgIpc) is 2.17. The molecule has 1 aromatic carbocycles. The summed E-state index contributed by atoms with van der Waals surface area (Å²) in [4.78, 5) is 0. The third-order valence-corrected chi connectivity index (χ3v) is 2.90. The van der Waals surface area contributed by atoms with Crippen molar-refractivity contribution < 1.29 is 9.47 Å². The fourth-order valence-electron chi connectivity index (χ4n) is 1.77. The minimum atomic E-state index is 0.488. The number of rotatable bonds is 2. The van der Waals surface area contributed by atoms with Crippen LogP contribution in [-0.2, 0) is 11.2 Å². The molecule has 0 spiro atoms. The zero-order valence-corrected chi connectivity index (χ0v) is 9.71. The quantitative estimate of drug-likeness (QED) is 0.810. The van der Waals surface area contributed by atoms with Crippen molar-refractivity contribution in [2.75, 3.05) is 20.3 Å². The summed E-state index contributed by atoms with van der Waals surface area (Å²) < 4.78 is 11.9. The number of ether oxygens (including phenoxy) is 2. The highest BCUT2D eigenvalue weighted by atomic mass is 79.9. The summed E-state index contributed by atoms with van der Waals surface area (Å²) in [5.41, 5.74) is 1.27. The van der Waals surface area contributed by atoms with Gasteiger partial charge in [0.05, 0.1) is 13.2 Å². The van der Waals surface area contributed by atoms with Crippen LogP contribution in [0.5, 0.6) is 5.75 Å². The molecule has 0 amide bonds. The third kappa shape index (κ3) is 2.10. The first-order valence-electron chi connectivity index (χ1n) is 4.70. The molecular formula is C11H13BrO2. The molecule has 2 nitrogen and oxygen atoms in total. The van der Waals surface area contributed by atoms with Gasteiger partial charge in [-0.15, -0.1) is 0 Å². The first-order valence-corrected chi connectivity index (χ1v) is 5.49. The van der Waals surface area contributed by atoms with E-state index in [1.165, 1.54) is 5.56 Å². The molecule has 1 atom stereocenters. The summed E-state index contributed by atoms with van der Waals surface area (Å²) in [5, 5.41) is 0. The predicted octanol–water partition coefficient (Wildman–Crippen LogP) is 2.65. The molecule has 1 unspecified atom stereocenters. The van der Waals surface area contributed by atoms with E-state index in [0.717, 1.165) is 29.9 Å². The second-order valence-electron chi connectivity index (χ2n) is 3.59. The van der Waals surface area contributed by atoms with E-state index in [1.807, 2.05) is 12.1 Å². The maximum Gasteiger partial charge on any atom is 0.122 e. The van der Waals surface area contributed by atoms with E-state index in [9.17, 15) is 0 Å². The SMILES string of the molecule is COCC1COc2ccc(Br)cc2C1. The number of benzene rings is 1. The van der Waals surface area contributed by atoms with Gasteiger partial charge in [-0.25, -0.2) is 0 Å². The maximum absolute atomic E-state index is 5.64. The second-order valence-corrected chi connectivity index (χ2v) is 4.50. The normalized spacial score (nSPS) is 20.0. The molecule has 0 radical (unpaired) electrons. The monoisotopic (exact) mass is 256 g/mol. The molecule has 0 saturated carbocycles. The molecule has 0 fully saturated rings. The van der Waals surface area contributed by atoms with Gasteiger partial charge in [-0.2, -0.15) is 0 Å². The lowest BCUT2D eigenvalue weighted by Gasteiger charge is -2.24. The highest BCUT2D eigenvalue weighted by Gasteiger charge is 2.19. The summed E-state index contributed by atoms with van der Waals surface area (Å²) >= 11 is 3.46. The first-order chi connectivity index (χ1) is 6.79.